The van der Waals surface area contributed by atoms with E-state index < -0.39 is 0 Å². The number of aromatic nitrogens is 3. The number of hydrogen-bond acceptors (Lipinski definition) is 3. The molecular weight excluding hydrogens is 304 g/mol. The molecule has 0 aliphatic heterocycles. The standard InChI is InChI=1S/C14H19BrN4/c1-10-7-11(15)5-6-13(10)16-8-12-9-19(18-17-12)14(2,3)4/h5-7,9,16H,8H2,1-4H3. The Morgan fingerprint density at radius 2 is 2.05 bits per heavy atom. The van der Waals surface area contributed by atoms with Gasteiger partial charge in [-0.25, -0.2) is 4.68 Å². The molecule has 0 amide bonds. The van der Waals surface area contributed by atoms with Crippen LogP contribution in [0.25, 0.3) is 0 Å². The van der Waals surface area contributed by atoms with E-state index >= 15 is 0 Å². The summed E-state index contributed by atoms with van der Waals surface area (Å²) in [4.78, 5) is 0. The van der Waals surface area contributed by atoms with E-state index in [1.54, 1.807) is 0 Å². The van der Waals surface area contributed by atoms with E-state index in [1.165, 1.54) is 5.56 Å². The topological polar surface area (TPSA) is 42.7 Å². The SMILES string of the molecule is Cc1cc(Br)ccc1NCc1cn(C(C)(C)C)nn1. The second kappa shape index (κ2) is 5.33. The summed E-state index contributed by atoms with van der Waals surface area (Å²) < 4.78 is 2.98. The first kappa shape index (κ1) is 14.1. The van der Waals surface area contributed by atoms with Crippen LogP contribution in [0.5, 0.6) is 0 Å². The lowest BCUT2D eigenvalue weighted by Crippen LogP contribution is -2.22. The molecule has 0 aliphatic carbocycles. The first-order valence-corrected chi connectivity index (χ1v) is 7.07. The van der Waals surface area contributed by atoms with Gasteiger partial charge in [0, 0.05) is 10.2 Å². The van der Waals surface area contributed by atoms with Crippen molar-refractivity contribution in [2.75, 3.05) is 5.32 Å². The first-order chi connectivity index (χ1) is 8.86. The number of rotatable bonds is 3. The number of nitrogens with one attached hydrogen (secondary N) is 1. The van der Waals surface area contributed by atoms with Crippen LogP contribution in [0, 0.1) is 6.92 Å². The average molecular weight is 323 g/mol. The fourth-order valence-corrected chi connectivity index (χ4v) is 2.19. The fourth-order valence-electron chi connectivity index (χ4n) is 1.72. The maximum Gasteiger partial charge on any atom is 0.102 e. The molecule has 19 heavy (non-hydrogen) atoms. The maximum atomic E-state index is 4.19. The lowest BCUT2D eigenvalue weighted by molar-refractivity contribution is 0.347. The normalized spacial score (nSPS) is 11.6. The van der Waals surface area contributed by atoms with Crippen LogP contribution in [0.2, 0.25) is 0 Å². The Kier molecular flexibility index (Phi) is 3.94. The molecule has 0 unspecified atom stereocenters. The minimum atomic E-state index is -0.0290. The van der Waals surface area contributed by atoms with Gasteiger partial charge in [0.1, 0.15) is 5.69 Å². The van der Waals surface area contributed by atoms with Crippen LogP contribution < -0.4 is 5.32 Å². The van der Waals surface area contributed by atoms with Gasteiger partial charge in [0.15, 0.2) is 0 Å². The molecule has 0 fully saturated rings. The van der Waals surface area contributed by atoms with Crippen LogP contribution in [-0.4, -0.2) is 15.0 Å². The van der Waals surface area contributed by atoms with E-state index in [0.717, 1.165) is 15.9 Å². The number of halogens is 1. The summed E-state index contributed by atoms with van der Waals surface area (Å²) in [5, 5.41) is 11.7. The number of aryl methyl sites for hydroxylation is 1. The highest BCUT2D eigenvalue weighted by molar-refractivity contribution is 9.10. The Balaban J connectivity index is 2.04. The summed E-state index contributed by atoms with van der Waals surface area (Å²) in [5.41, 5.74) is 3.24. The van der Waals surface area contributed by atoms with Gasteiger partial charge in [-0.05, 0) is 51.5 Å². The molecule has 1 heterocycles. The van der Waals surface area contributed by atoms with Crippen LogP contribution in [0.3, 0.4) is 0 Å². The van der Waals surface area contributed by atoms with Crippen LogP contribution in [0.15, 0.2) is 28.9 Å². The molecule has 0 aliphatic rings. The van der Waals surface area contributed by atoms with Crippen molar-refractivity contribution in [3.8, 4) is 0 Å². The lowest BCUT2D eigenvalue weighted by Gasteiger charge is -2.17. The molecule has 4 nitrogen and oxygen atoms in total. The van der Waals surface area contributed by atoms with E-state index in [0.29, 0.717) is 6.54 Å². The van der Waals surface area contributed by atoms with Crippen LogP contribution in [0.1, 0.15) is 32.0 Å². The summed E-state index contributed by atoms with van der Waals surface area (Å²) in [5.74, 6) is 0. The van der Waals surface area contributed by atoms with Crippen molar-refractivity contribution in [2.24, 2.45) is 0 Å². The van der Waals surface area contributed by atoms with Crippen molar-refractivity contribution < 1.29 is 0 Å². The van der Waals surface area contributed by atoms with Gasteiger partial charge < -0.3 is 5.32 Å². The van der Waals surface area contributed by atoms with E-state index in [4.69, 9.17) is 0 Å². The molecule has 2 aromatic rings. The van der Waals surface area contributed by atoms with Gasteiger partial charge in [0.25, 0.3) is 0 Å². The van der Waals surface area contributed by atoms with Gasteiger partial charge in [0.05, 0.1) is 18.3 Å². The molecule has 2 rings (SSSR count). The zero-order valence-corrected chi connectivity index (χ0v) is 13.3. The molecule has 102 valence electrons. The zero-order valence-electron chi connectivity index (χ0n) is 11.7. The number of nitrogens with zero attached hydrogens (tertiary/aromatic N) is 3. The van der Waals surface area contributed by atoms with E-state index in [9.17, 15) is 0 Å². The minimum absolute atomic E-state index is 0.0290. The van der Waals surface area contributed by atoms with Crippen LogP contribution >= 0.6 is 15.9 Å². The van der Waals surface area contributed by atoms with Gasteiger partial charge in [-0.15, -0.1) is 5.10 Å². The Hall–Kier alpha value is -1.36. The summed E-state index contributed by atoms with van der Waals surface area (Å²) in [6, 6.07) is 6.18. The lowest BCUT2D eigenvalue weighted by atomic mass is 10.1. The third-order valence-corrected chi connectivity index (χ3v) is 3.37. The highest BCUT2D eigenvalue weighted by atomic mass is 79.9. The summed E-state index contributed by atoms with van der Waals surface area (Å²) in [7, 11) is 0. The minimum Gasteiger partial charge on any atom is -0.379 e. The summed E-state index contributed by atoms with van der Waals surface area (Å²) in [6.07, 6.45) is 1.99. The second-order valence-electron chi connectivity index (χ2n) is 5.64. The molecule has 0 atom stereocenters. The highest BCUT2D eigenvalue weighted by Gasteiger charge is 2.14. The first-order valence-electron chi connectivity index (χ1n) is 6.28. The predicted molar refractivity (Wildman–Crippen MR) is 81.2 cm³/mol. The van der Waals surface area contributed by atoms with Gasteiger partial charge in [-0.2, -0.15) is 0 Å². The number of anilines is 1. The van der Waals surface area contributed by atoms with E-state index in [-0.39, 0.29) is 5.54 Å². The molecular formula is C14H19BrN4. The van der Waals surface area contributed by atoms with E-state index in [2.05, 4.69) is 71.4 Å². The molecule has 1 N–H and O–H groups in total. The average Bonchev–Trinajstić information content (AvgIpc) is 2.76. The molecule has 1 aromatic carbocycles. The number of benzene rings is 1. The highest BCUT2D eigenvalue weighted by Crippen LogP contribution is 2.20. The van der Waals surface area contributed by atoms with Crippen molar-refractivity contribution in [3.63, 3.8) is 0 Å². The second-order valence-corrected chi connectivity index (χ2v) is 6.55. The van der Waals surface area contributed by atoms with Gasteiger partial charge in [0.2, 0.25) is 0 Å². The van der Waals surface area contributed by atoms with Gasteiger partial charge >= 0.3 is 0 Å². The molecule has 0 bridgehead atoms. The van der Waals surface area contributed by atoms with Crippen molar-refractivity contribution in [1.82, 2.24) is 15.0 Å². The Bertz CT molecular complexity index is 569. The Labute approximate surface area is 122 Å². The monoisotopic (exact) mass is 322 g/mol. The zero-order chi connectivity index (χ0) is 14.0. The largest absolute Gasteiger partial charge is 0.379 e. The van der Waals surface area contributed by atoms with Crippen LogP contribution in [-0.2, 0) is 12.1 Å². The fraction of sp³-hybridized carbons (Fsp3) is 0.429. The Morgan fingerprint density at radius 3 is 2.63 bits per heavy atom. The third-order valence-electron chi connectivity index (χ3n) is 2.88. The van der Waals surface area contributed by atoms with Crippen molar-refractivity contribution in [1.29, 1.82) is 0 Å². The molecule has 5 heteroatoms. The van der Waals surface area contributed by atoms with Gasteiger partial charge in [-0.3, -0.25) is 0 Å². The van der Waals surface area contributed by atoms with Crippen molar-refractivity contribution in [2.45, 2.75) is 39.8 Å². The molecule has 0 radical (unpaired) electrons. The smallest absolute Gasteiger partial charge is 0.102 e. The van der Waals surface area contributed by atoms with Crippen LogP contribution in [0.4, 0.5) is 5.69 Å². The summed E-state index contributed by atoms with van der Waals surface area (Å²) >= 11 is 3.46. The Morgan fingerprint density at radius 1 is 1.32 bits per heavy atom. The van der Waals surface area contributed by atoms with E-state index in [1.807, 2.05) is 16.9 Å². The molecule has 0 spiro atoms. The molecule has 0 saturated heterocycles. The molecule has 1 aromatic heterocycles. The predicted octanol–water partition coefficient (Wildman–Crippen LogP) is 3.72. The third kappa shape index (κ3) is 3.56. The quantitative estimate of drug-likeness (QED) is 0.936. The van der Waals surface area contributed by atoms with Crippen molar-refractivity contribution in [3.05, 3.63) is 40.1 Å². The summed E-state index contributed by atoms with van der Waals surface area (Å²) in [6.45, 7) is 9.09. The van der Waals surface area contributed by atoms with Gasteiger partial charge in [-0.1, -0.05) is 21.1 Å². The molecule has 0 saturated carbocycles. The van der Waals surface area contributed by atoms with Crippen molar-refractivity contribution >= 4 is 21.6 Å². The maximum absolute atomic E-state index is 4.19. The number of hydrogen-bond donors (Lipinski definition) is 1.